The average molecular weight is 376 g/mol. The number of nitrogens with one attached hydrogen (secondary N) is 2. The monoisotopic (exact) mass is 376 g/mol. The number of alkyl halides is 3. The fourth-order valence-corrected chi connectivity index (χ4v) is 3.23. The largest absolute Gasteiger partial charge is 0.467 e. The number of carbonyl (C=O) groups is 2. The van der Waals surface area contributed by atoms with Crippen molar-refractivity contribution in [2.24, 2.45) is 0 Å². The summed E-state index contributed by atoms with van der Waals surface area (Å²) in [5.74, 6) is -1.61. The lowest BCUT2D eigenvalue weighted by Gasteiger charge is -2.22. The Labute approximate surface area is 147 Å². The standard InChI is InChI=1S/C16H19F3N2O3S/c1-24-15(23)13(7-9-25-16(17,18)19)21-14(22)11-4-2-6-12-10(11)5-3-8-20-12/h2,4,6,13,20H,3,5,7-9H2,1H3,(H,21,22)/t13-/m0/s1. The van der Waals surface area contributed by atoms with E-state index in [1.165, 1.54) is 0 Å². The number of ether oxygens (including phenoxy) is 1. The van der Waals surface area contributed by atoms with E-state index in [1.807, 2.05) is 6.07 Å². The highest BCUT2D eigenvalue weighted by molar-refractivity contribution is 8.00. The summed E-state index contributed by atoms with van der Waals surface area (Å²) in [6.07, 6.45) is 1.43. The van der Waals surface area contributed by atoms with Crippen LogP contribution < -0.4 is 10.6 Å². The first-order valence-electron chi connectivity index (χ1n) is 7.77. The second-order valence-electron chi connectivity index (χ2n) is 5.49. The van der Waals surface area contributed by atoms with Gasteiger partial charge in [-0.3, -0.25) is 4.79 Å². The number of carbonyl (C=O) groups excluding carboxylic acids is 2. The summed E-state index contributed by atoms with van der Waals surface area (Å²) < 4.78 is 41.4. The van der Waals surface area contributed by atoms with Crippen molar-refractivity contribution in [2.75, 3.05) is 24.7 Å². The number of anilines is 1. The number of fused-ring (bicyclic) bond motifs is 1. The molecular weight excluding hydrogens is 357 g/mol. The molecule has 25 heavy (non-hydrogen) atoms. The van der Waals surface area contributed by atoms with Gasteiger partial charge < -0.3 is 15.4 Å². The third-order valence-corrected chi connectivity index (χ3v) is 4.57. The van der Waals surface area contributed by atoms with E-state index < -0.39 is 23.4 Å². The van der Waals surface area contributed by atoms with Crippen LogP contribution in [0, 0.1) is 0 Å². The van der Waals surface area contributed by atoms with E-state index >= 15 is 0 Å². The third-order valence-electron chi connectivity index (χ3n) is 3.80. The number of benzene rings is 1. The molecule has 0 spiro atoms. The molecule has 1 aromatic rings. The molecule has 1 heterocycles. The highest BCUT2D eigenvalue weighted by Crippen LogP contribution is 2.31. The maximum absolute atomic E-state index is 12.5. The van der Waals surface area contributed by atoms with Crippen LogP contribution in [0.4, 0.5) is 18.9 Å². The average Bonchev–Trinajstić information content (AvgIpc) is 2.58. The van der Waals surface area contributed by atoms with E-state index in [9.17, 15) is 22.8 Å². The Morgan fingerprint density at radius 3 is 2.84 bits per heavy atom. The first-order chi connectivity index (χ1) is 11.8. The van der Waals surface area contributed by atoms with Crippen LogP contribution in [-0.2, 0) is 16.0 Å². The molecular formula is C16H19F3N2O3S. The zero-order valence-corrected chi connectivity index (χ0v) is 14.4. The van der Waals surface area contributed by atoms with Gasteiger partial charge in [-0.25, -0.2) is 4.79 Å². The predicted molar refractivity (Wildman–Crippen MR) is 89.7 cm³/mol. The van der Waals surface area contributed by atoms with Gasteiger partial charge in [0.15, 0.2) is 0 Å². The van der Waals surface area contributed by atoms with E-state index in [2.05, 4.69) is 15.4 Å². The summed E-state index contributed by atoms with van der Waals surface area (Å²) in [5, 5.41) is 5.69. The molecule has 2 rings (SSSR count). The van der Waals surface area contributed by atoms with Crippen LogP contribution in [0.5, 0.6) is 0 Å². The normalized spacial score (nSPS) is 14.9. The summed E-state index contributed by atoms with van der Waals surface area (Å²) >= 11 is -0.234. The van der Waals surface area contributed by atoms with Crippen molar-refractivity contribution in [2.45, 2.75) is 30.8 Å². The zero-order valence-electron chi connectivity index (χ0n) is 13.6. The lowest BCUT2D eigenvalue weighted by atomic mass is 9.97. The molecule has 0 fully saturated rings. The Kier molecular flexibility index (Phi) is 6.57. The maximum Gasteiger partial charge on any atom is 0.441 e. The minimum atomic E-state index is -4.38. The van der Waals surface area contributed by atoms with Crippen LogP contribution in [0.15, 0.2) is 18.2 Å². The summed E-state index contributed by atoms with van der Waals surface area (Å²) in [6, 6.07) is 4.10. The lowest BCUT2D eigenvalue weighted by molar-refractivity contribution is -0.142. The highest BCUT2D eigenvalue weighted by atomic mass is 32.2. The van der Waals surface area contributed by atoms with E-state index in [4.69, 9.17) is 0 Å². The van der Waals surface area contributed by atoms with Gasteiger partial charge in [0.1, 0.15) is 6.04 Å². The second kappa shape index (κ2) is 8.46. The van der Waals surface area contributed by atoms with Crippen LogP contribution in [0.2, 0.25) is 0 Å². The van der Waals surface area contributed by atoms with Crippen molar-refractivity contribution < 1.29 is 27.5 Å². The lowest BCUT2D eigenvalue weighted by Crippen LogP contribution is -2.42. The Hall–Kier alpha value is -1.90. The Morgan fingerprint density at radius 1 is 1.40 bits per heavy atom. The quantitative estimate of drug-likeness (QED) is 0.748. The first-order valence-corrected chi connectivity index (χ1v) is 8.75. The number of thioether (sulfide) groups is 1. The molecule has 1 aromatic carbocycles. The number of methoxy groups -OCH3 is 1. The second-order valence-corrected chi connectivity index (χ2v) is 6.65. The predicted octanol–water partition coefficient (Wildman–Crippen LogP) is 2.96. The van der Waals surface area contributed by atoms with Gasteiger partial charge in [-0.1, -0.05) is 17.8 Å². The molecule has 0 radical (unpaired) electrons. The van der Waals surface area contributed by atoms with Crippen molar-refractivity contribution in [3.05, 3.63) is 29.3 Å². The van der Waals surface area contributed by atoms with E-state index in [-0.39, 0.29) is 23.9 Å². The summed E-state index contributed by atoms with van der Waals surface area (Å²) in [7, 11) is 1.13. The van der Waals surface area contributed by atoms with Crippen molar-refractivity contribution in [3.8, 4) is 0 Å². The van der Waals surface area contributed by atoms with Gasteiger partial charge in [-0.2, -0.15) is 13.2 Å². The van der Waals surface area contributed by atoms with Crippen molar-refractivity contribution in [1.29, 1.82) is 0 Å². The number of rotatable bonds is 6. The maximum atomic E-state index is 12.5. The van der Waals surface area contributed by atoms with Crippen LogP contribution in [-0.4, -0.2) is 42.8 Å². The van der Waals surface area contributed by atoms with Gasteiger partial charge in [0.2, 0.25) is 0 Å². The molecule has 9 heteroatoms. The van der Waals surface area contributed by atoms with Crippen molar-refractivity contribution in [1.82, 2.24) is 5.32 Å². The highest BCUT2D eigenvalue weighted by Gasteiger charge is 2.30. The number of hydrogen-bond donors (Lipinski definition) is 2. The number of hydrogen-bond acceptors (Lipinski definition) is 5. The first kappa shape index (κ1) is 19.4. The topological polar surface area (TPSA) is 67.4 Å². The van der Waals surface area contributed by atoms with Gasteiger partial charge in [0.05, 0.1) is 7.11 Å². The van der Waals surface area contributed by atoms with Crippen LogP contribution in [0.25, 0.3) is 0 Å². The van der Waals surface area contributed by atoms with E-state index in [0.717, 1.165) is 37.7 Å². The molecule has 1 amide bonds. The zero-order chi connectivity index (χ0) is 18.4. The number of halogens is 3. The molecule has 1 atom stereocenters. The minimum absolute atomic E-state index is 0.171. The molecule has 5 nitrogen and oxygen atoms in total. The summed E-state index contributed by atoms with van der Waals surface area (Å²) in [6.45, 7) is 0.817. The third kappa shape index (κ3) is 5.55. The molecule has 2 N–H and O–H groups in total. The Balaban J connectivity index is 2.08. The molecule has 138 valence electrons. The van der Waals surface area contributed by atoms with Crippen molar-refractivity contribution in [3.63, 3.8) is 0 Å². The molecule has 0 unspecified atom stereocenters. The van der Waals surface area contributed by atoms with Gasteiger partial charge in [0.25, 0.3) is 5.91 Å². The van der Waals surface area contributed by atoms with Crippen molar-refractivity contribution >= 4 is 29.3 Å². The molecule has 0 saturated carbocycles. The molecule has 0 aliphatic carbocycles. The van der Waals surface area contributed by atoms with Crippen LogP contribution in [0.1, 0.15) is 28.8 Å². The fraction of sp³-hybridized carbons (Fsp3) is 0.500. The fourth-order valence-electron chi connectivity index (χ4n) is 2.64. The van der Waals surface area contributed by atoms with Gasteiger partial charge in [-0.15, -0.1) is 0 Å². The molecule has 0 aromatic heterocycles. The Bertz CT molecular complexity index is 638. The van der Waals surface area contributed by atoms with Gasteiger partial charge in [-0.05, 0) is 37.0 Å². The number of esters is 1. The molecule has 1 aliphatic heterocycles. The minimum Gasteiger partial charge on any atom is -0.467 e. The van der Waals surface area contributed by atoms with E-state index in [0.29, 0.717) is 5.56 Å². The van der Waals surface area contributed by atoms with E-state index in [1.54, 1.807) is 12.1 Å². The molecule has 0 bridgehead atoms. The van der Waals surface area contributed by atoms with Crippen LogP contribution in [0.3, 0.4) is 0 Å². The summed E-state index contributed by atoms with van der Waals surface area (Å²) in [4.78, 5) is 24.3. The number of amides is 1. The van der Waals surface area contributed by atoms with Crippen LogP contribution >= 0.6 is 11.8 Å². The SMILES string of the molecule is COC(=O)[C@H](CCSC(F)(F)F)NC(=O)c1cccc2c1CCCN2. The molecule has 1 aliphatic rings. The van der Waals surface area contributed by atoms with Gasteiger partial charge in [0, 0.05) is 23.5 Å². The summed E-state index contributed by atoms with van der Waals surface area (Å²) in [5.41, 5.74) is -2.25. The molecule has 0 saturated heterocycles. The van der Waals surface area contributed by atoms with Gasteiger partial charge >= 0.3 is 11.5 Å². The Morgan fingerprint density at radius 2 is 2.16 bits per heavy atom. The smallest absolute Gasteiger partial charge is 0.441 e.